The van der Waals surface area contributed by atoms with E-state index in [-0.39, 0.29) is 6.10 Å². The predicted molar refractivity (Wildman–Crippen MR) is 93.0 cm³/mol. The summed E-state index contributed by atoms with van der Waals surface area (Å²) >= 11 is 6.08. The molecule has 0 spiro atoms. The van der Waals surface area contributed by atoms with E-state index in [0.717, 1.165) is 37.4 Å². The van der Waals surface area contributed by atoms with Gasteiger partial charge in [-0.15, -0.1) is 0 Å². The molecular weight excluding hydrogens is 330 g/mol. The third-order valence-corrected chi connectivity index (χ3v) is 4.54. The molecule has 2 aliphatic rings. The van der Waals surface area contributed by atoms with Crippen molar-refractivity contribution in [1.29, 1.82) is 0 Å². The van der Waals surface area contributed by atoms with Crippen molar-refractivity contribution in [2.75, 3.05) is 55.8 Å². The van der Waals surface area contributed by atoms with Crippen LogP contribution in [-0.4, -0.2) is 67.1 Å². The number of halogens is 1. The van der Waals surface area contributed by atoms with Crippen LogP contribution in [0.15, 0.2) is 12.1 Å². The van der Waals surface area contributed by atoms with Gasteiger partial charge in [-0.25, -0.2) is 4.98 Å². The van der Waals surface area contributed by atoms with Crippen LogP contribution in [-0.2, 0) is 9.47 Å². The average Bonchev–Trinajstić information content (AvgIpc) is 2.61. The average molecular weight is 350 g/mol. The lowest BCUT2D eigenvalue weighted by atomic mass is 10.2. The molecule has 2 aromatic heterocycles. The van der Waals surface area contributed by atoms with Gasteiger partial charge in [-0.3, -0.25) is 0 Å². The number of hydrogen-bond acceptors (Lipinski definition) is 7. The minimum absolute atomic E-state index is 0.164. The van der Waals surface area contributed by atoms with Crippen LogP contribution < -0.4 is 9.80 Å². The van der Waals surface area contributed by atoms with Gasteiger partial charge in [-0.1, -0.05) is 11.6 Å². The molecular formula is C16H20ClN5O2. The van der Waals surface area contributed by atoms with Gasteiger partial charge in [-0.2, -0.15) is 9.97 Å². The molecule has 2 saturated heterocycles. The molecule has 0 N–H and O–H groups in total. The van der Waals surface area contributed by atoms with Crippen LogP contribution in [0.4, 0.5) is 11.8 Å². The largest absolute Gasteiger partial charge is 0.378 e. The first-order valence-electron chi connectivity index (χ1n) is 8.24. The van der Waals surface area contributed by atoms with Gasteiger partial charge in [0.1, 0.15) is 11.0 Å². The van der Waals surface area contributed by atoms with Gasteiger partial charge in [0.2, 0.25) is 5.95 Å². The lowest BCUT2D eigenvalue weighted by molar-refractivity contribution is 0.0526. The third kappa shape index (κ3) is 3.11. The maximum atomic E-state index is 6.08. The Kier molecular flexibility index (Phi) is 4.39. The Balaban J connectivity index is 1.79. The Morgan fingerprint density at radius 1 is 1.04 bits per heavy atom. The van der Waals surface area contributed by atoms with E-state index in [1.54, 1.807) is 6.07 Å². The summed E-state index contributed by atoms with van der Waals surface area (Å²) in [5.41, 5.74) is 0.633. The van der Waals surface area contributed by atoms with Gasteiger partial charge in [0.15, 0.2) is 5.65 Å². The Bertz CT molecular complexity index is 738. The fraction of sp³-hybridized carbons (Fsp3) is 0.562. The first-order chi connectivity index (χ1) is 11.7. The van der Waals surface area contributed by atoms with Gasteiger partial charge < -0.3 is 19.3 Å². The highest BCUT2D eigenvalue weighted by molar-refractivity contribution is 6.29. The van der Waals surface area contributed by atoms with Crippen LogP contribution in [0.2, 0.25) is 5.15 Å². The summed E-state index contributed by atoms with van der Waals surface area (Å²) in [6, 6.07) is 3.73. The van der Waals surface area contributed by atoms with Gasteiger partial charge in [0.25, 0.3) is 0 Å². The number of nitrogens with zero attached hydrogens (tertiary/aromatic N) is 5. The van der Waals surface area contributed by atoms with E-state index in [1.807, 2.05) is 6.07 Å². The van der Waals surface area contributed by atoms with E-state index >= 15 is 0 Å². The topological polar surface area (TPSA) is 63.6 Å². The van der Waals surface area contributed by atoms with Gasteiger partial charge >= 0.3 is 0 Å². The second-order valence-corrected chi connectivity index (χ2v) is 6.47. The molecule has 4 rings (SSSR count). The van der Waals surface area contributed by atoms with Crippen molar-refractivity contribution in [1.82, 2.24) is 15.0 Å². The first-order valence-corrected chi connectivity index (χ1v) is 8.62. The number of rotatable bonds is 2. The lowest BCUT2D eigenvalue weighted by Crippen LogP contribution is -2.42. The molecule has 128 valence electrons. The molecule has 2 fully saturated rings. The summed E-state index contributed by atoms with van der Waals surface area (Å²) in [7, 11) is 0. The van der Waals surface area contributed by atoms with Crippen molar-refractivity contribution in [3.63, 3.8) is 0 Å². The second-order valence-electron chi connectivity index (χ2n) is 6.08. The number of morpholine rings is 2. The monoisotopic (exact) mass is 349 g/mol. The molecule has 8 heteroatoms. The summed E-state index contributed by atoms with van der Waals surface area (Å²) in [5, 5.41) is 1.36. The van der Waals surface area contributed by atoms with Crippen LogP contribution in [0.1, 0.15) is 6.92 Å². The molecule has 0 aliphatic carbocycles. The molecule has 2 aromatic rings. The third-order valence-electron chi connectivity index (χ3n) is 4.33. The van der Waals surface area contributed by atoms with E-state index in [4.69, 9.17) is 26.1 Å². The summed E-state index contributed by atoms with van der Waals surface area (Å²) in [6.07, 6.45) is 0.164. The van der Waals surface area contributed by atoms with Gasteiger partial charge in [0, 0.05) is 26.2 Å². The van der Waals surface area contributed by atoms with Crippen LogP contribution in [0.25, 0.3) is 11.0 Å². The highest BCUT2D eigenvalue weighted by Crippen LogP contribution is 2.28. The molecule has 0 unspecified atom stereocenters. The Hall–Kier alpha value is -1.70. The molecule has 2 aliphatic heterocycles. The number of aromatic nitrogens is 3. The lowest BCUT2D eigenvalue weighted by Gasteiger charge is -2.33. The maximum absolute atomic E-state index is 6.08. The fourth-order valence-electron chi connectivity index (χ4n) is 3.12. The molecule has 4 heterocycles. The number of hydrogen-bond donors (Lipinski definition) is 0. The van der Waals surface area contributed by atoms with Crippen LogP contribution >= 0.6 is 11.6 Å². The van der Waals surface area contributed by atoms with Gasteiger partial charge in [0.05, 0.1) is 31.3 Å². The first kappa shape index (κ1) is 15.8. The summed E-state index contributed by atoms with van der Waals surface area (Å²) in [6.45, 7) is 7.32. The maximum Gasteiger partial charge on any atom is 0.229 e. The van der Waals surface area contributed by atoms with Crippen molar-refractivity contribution in [3.05, 3.63) is 17.3 Å². The Morgan fingerprint density at radius 3 is 2.62 bits per heavy atom. The van der Waals surface area contributed by atoms with E-state index in [1.165, 1.54) is 0 Å². The quantitative estimate of drug-likeness (QED) is 0.765. The van der Waals surface area contributed by atoms with Crippen molar-refractivity contribution in [3.8, 4) is 0 Å². The number of pyridine rings is 1. The van der Waals surface area contributed by atoms with Gasteiger partial charge in [-0.05, 0) is 19.1 Å². The minimum atomic E-state index is 0.164. The standard InChI is InChI=1S/C16H20ClN5O2/c1-11-10-22(6-9-24-11)16-19-14-12(2-3-13(17)18-14)15(20-16)21-4-7-23-8-5-21/h2-3,11H,4-10H2,1H3/t11-/m0/s1. The van der Waals surface area contributed by atoms with E-state index in [9.17, 15) is 0 Å². The molecule has 24 heavy (non-hydrogen) atoms. The van der Waals surface area contributed by atoms with Crippen molar-refractivity contribution >= 4 is 34.4 Å². The molecule has 0 saturated carbocycles. The summed E-state index contributed by atoms with van der Waals surface area (Å²) in [5.74, 6) is 1.59. The van der Waals surface area contributed by atoms with Crippen LogP contribution in [0.5, 0.6) is 0 Å². The molecule has 0 amide bonds. The highest BCUT2D eigenvalue weighted by Gasteiger charge is 2.23. The zero-order valence-corrected chi connectivity index (χ0v) is 14.4. The van der Waals surface area contributed by atoms with Crippen LogP contribution in [0, 0.1) is 0 Å². The highest BCUT2D eigenvalue weighted by atomic mass is 35.5. The summed E-state index contributed by atoms with van der Waals surface area (Å²) < 4.78 is 11.1. The molecule has 1 atom stereocenters. The second kappa shape index (κ2) is 6.66. The normalized spacial score (nSPS) is 22.2. The van der Waals surface area contributed by atoms with Crippen molar-refractivity contribution in [2.45, 2.75) is 13.0 Å². The molecule has 0 bridgehead atoms. The Morgan fingerprint density at radius 2 is 1.83 bits per heavy atom. The molecule has 7 nitrogen and oxygen atoms in total. The van der Waals surface area contributed by atoms with Crippen molar-refractivity contribution in [2.24, 2.45) is 0 Å². The van der Waals surface area contributed by atoms with E-state index in [2.05, 4.69) is 26.7 Å². The van der Waals surface area contributed by atoms with Crippen LogP contribution in [0.3, 0.4) is 0 Å². The molecule has 0 aromatic carbocycles. The number of anilines is 2. The van der Waals surface area contributed by atoms with E-state index in [0.29, 0.717) is 36.6 Å². The summed E-state index contributed by atoms with van der Waals surface area (Å²) in [4.78, 5) is 18.3. The number of fused-ring (bicyclic) bond motifs is 1. The van der Waals surface area contributed by atoms with E-state index < -0.39 is 0 Å². The minimum Gasteiger partial charge on any atom is -0.378 e. The number of ether oxygens (including phenoxy) is 2. The smallest absolute Gasteiger partial charge is 0.229 e. The Labute approximate surface area is 145 Å². The van der Waals surface area contributed by atoms with Crippen molar-refractivity contribution < 1.29 is 9.47 Å². The zero-order chi connectivity index (χ0) is 16.5. The molecule has 0 radical (unpaired) electrons. The predicted octanol–water partition coefficient (Wildman–Crippen LogP) is 1.74. The SMILES string of the molecule is C[C@H]1CN(c2nc(N3CCOCC3)c3ccc(Cl)nc3n2)CCO1. The zero-order valence-electron chi connectivity index (χ0n) is 13.6. The fourth-order valence-corrected chi connectivity index (χ4v) is 3.26.